The highest BCUT2D eigenvalue weighted by atomic mass is 16.8. The quantitative estimate of drug-likeness (QED) is 0.662. The number of piperidine rings is 1. The maximum absolute atomic E-state index is 10.5. The van der Waals surface area contributed by atoms with Crippen LogP contribution in [0.15, 0.2) is 0 Å². The first kappa shape index (κ1) is 11.0. The first-order chi connectivity index (χ1) is 7.39. The monoisotopic (exact) mass is 227 g/mol. The van der Waals surface area contributed by atoms with Crippen molar-refractivity contribution in [2.24, 2.45) is 0 Å². The van der Waals surface area contributed by atoms with Crippen LogP contribution >= 0.6 is 0 Å². The molecule has 3 aliphatic rings. The first-order valence-electron chi connectivity index (χ1n) is 6.21. The molecular formula is C12H21NO3. The normalized spacial score (nSPS) is 51.4. The average molecular weight is 227 g/mol. The van der Waals surface area contributed by atoms with Crippen LogP contribution in [0.5, 0.6) is 0 Å². The van der Waals surface area contributed by atoms with E-state index in [9.17, 15) is 5.11 Å². The van der Waals surface area contributed by atoms with E-state index in [2.05, 4.69) is 4.90 Å². The van der Waals surface area contributed by atoms with Gasteiger partial charge >= 0.3 is 0 Å². The average Bonchev–Trinajstić information content (AvgIpc) is 2.54. The lowest BCUT2D eigenvalue weighted by atomic mass is 9.84. The molecule has 3 saturated heterocycles. The van der Waals surface area contributed by atoms with Crippen molar-refractivity contribution >= 4 is 0 Å². The molecule has 4 heteroatoms. The van der Waals surface area contributed by atoms with Gasteiger partial charge in [-0.2, -0.15) is 0 Å². The summed E-state index contributed by atoms with van der Waals surface area (Å²) in [4.78, 5) is 2.33. The summed E-state index contributed by atoms with van der Waals surface area (Å²) in [5.74, 6) is -0.491. The molecule has 0 unspecified atom stereocenters. The molecule has 3 rings (SSSR count). The van der Waals surface area contributed by atoms with Gasteiger partial charge in [-0.3, -0.25) is 4.90 Å². The van der Waals surface area contributed by atoms with Gasteiger partial charge in [0.1, 0.15) is 12.2 Å². The Balaban J connectivity index is 1.87. The van der Waals surface area contributed by atoms with Crippen LogP contribution < -0.4 is 0 Å². The third kappa shape index (κ3) is 1.51. The molecular weight excluding hydrogens is 206 g/mol. The van der Waals surface area contributed by atoms with Gasteiger partial charge in [-0.15, -0.1) is 0 Å². The minimum absolute atomic E-state index is 0.0327. The Morgan fingerprint density at radius 1 is 1.25 bits per heavy atom. The second kappa shape index (κ2) is 3.19. The predicted octanol–water partition coefficient (Wildman–Crippen LogP) is 0.735. The van der Waals surface area contributed by atoms with Gasteiger partial charge in [-0.1, -0.05) is 0 Å². The third-order valence-electron chi connectivity index (χ3n) is 4.11. The molecule has 1 N–H and O–H groups in total. The fraction of sp³-hybridized carbons (Fsp3) is 1.00. The number of hydrogen-bond acceptors (Lipinski definition) is 4. The van der Waals surface area contributed by atoms with Crippen LogP contribution in [-0.4, -0.2) is 52.7 Å². The van der Waals surface area contributed by atoms with E-state index < -0.39 is 11.4 Å². The molecule has 3 heterocycles. The van der Waals surface area contributed by atoms with Gasteiger partial charge in [0.05, 0.1) is 11.6 Å². The van der Waals surface area contributed by atoms with Crippen molar-refractivity contribution in [3.63, 3.8) is 0 Å². The van der Waals surface area contributed by atoms with Crippen LogP contribution in [0.4, 0.5) is 0 Å². The lowest BCUT2D eigenvalue weighted by Crippen LogP contribution is -2.57. The topological polar surface area (TPSA) is 41.9 Å². The SMILES string of the molecule is CC1(C)O[C@H]2[C@@H]3N(CCC[C@@]3(C)O)C[C@H]2O1. The lowest BCUT2D eigenvalue weighted by molar-refractivity contribution is -0.180. The smallest absolute Gasteiger partial charge is 0.163 e. The molecule has 4 atom stereocenters. The second-order valence-electron chi connectivity index (χ2n) is 6.04. The Hall–Kier alpha value is -0.160. The van der Waals surface area contributed by atoms with Crippen LogP contribution in [0.2, 0.25) is 0 Å². The number of ether oxygens (including phenoxy) is 2. The van der Waals surface area contributed by atoms with Crippen molar-refractivity contribution in [2.45, 2.75) is 63.3 Å². The molecule has 0 aromatic carbocycles. The molecule has 0 spiro atoms. The Labute approximate surface area is 96.5 Å². The minimum atomic E-state index is -0.637. The van der Waals surface area contributed by atoms with Crippen molar-refractivity contribution in [1.82, 2.24) is 4.90 Å². The summed E-state index contributed by atoms with van der Waals surface area (Å²) >= 11 is 0. The standard InChI is InChI=1S/C12H21NO3/c1-11(2)15-8-7-13-6-4-5-12(3,14)10(13)9(8)16-11/h8-10,14H,4-7H2,1-3H3/t8-,9-,10+,12-/m1/s1. The number of nitrogens with zero attached hydrogens (tertiary/aromatic N) is 1. The van der Waals surface area contributed by atoms with E-state index in [-0.39, 0.29) is 18.2 Å². The van der Waals surface area contributed by atoms with E-state index in [0.717, 1.165) is 25.9 Å². The van der Waals surface area contributed by atoms with Gasteiger partial charge < -0.3 is 14.6 Å². The van der Waals surface area contributed by atoms with Gasteiger partial charge in [0.15, 0.2) is 5.79 Å². The molecule has 16 heavy (non-hydrogen) atoms. The molecule has 3 aliphatic heterocycles. The fourth-order valence-corrected chi connectivity index (χ4v) is 3.59. The van der Waals surface area contributed by atoms with Gasteiger partial charge in [0.25, 0.3) is 0 Å². The molecule has 92 valence electrons. The largest absolute Gasteiger partial charge is 0.388 e. The highest BCUT2D eigenvalue weighted by Gasteiger charge is 2.58. The summed E-state index contributed by atoms with van der Waals surface area (Å²) in [5.41, 5.74) is -0.637. The van der Waals surface area contributed by atoms with Gasteiger partial charge in [-0.05, 0) is 40.2 Å². The van der Waals surface area contributed by atoms with Crippen molar-refractivity contribution in [1.29, 1.82) is 0 Å². The van der Waals surface area contributed by atoms with Crippen molar-refractivity contribution in [2.75, 3.05) is 13.1 Å². The van der Waals surface area contributed by atoms with Crippen LogP contribution in [0.3, 0.4) is 0 Å². The number of fused-ring (bicyclic) bond motifs is 3. The lowest BCUT2D eigenvalue weighted by Gasteiger charge is -2.43. The Morgan fingerprint density at radius 2 is 2.00 bits per heavy atom. The van der Waals surface area contributed by atoms with E-state index in [1.807, 2.05) is 20.8 Å². The number of hydrogen-bond donors (Lipinski definition) is 1. The van der Waals surface area contributed by atoms with Gasteiger partial charge in [0.2, 0.25) is 0 Å². The van der Waals surface area contributed by atoms with E-state index in [1.165, 1.54) is 0 Å². The first-order valence-corrected chi connectivity index (χ1v) is 6.21. The summed E-state index contributed by atoms with van der Waals surface area (Å²) in [6, 6.07) is 0.105. The molecule has 0 aliphatic carbocycles. The Kier molecular flexibility index (Phi) is 2.19. The maximum Gasteiger partial charge on any atom is 0.163 e. The predicted molar refractivity (Wildman–Crippen MR) is 59.0 cm³/mol. The summed E-state index contributed by atoms with van der Waals surface area (Å²) in [6.45, 7) is 7.79. The Bertz CT molecular complexity index is 303. The molecule has 3 fully saturated rings. The zero-order chi connectivity index (χ0) is 11.6. The van der Waals surface area contributed by atoms with Crippen LogP contribution in [0, 0.1) is 0 Å². The van der Waals surface area contributed by atoms with Crippen LogP contribution in [0.25, 0.3) is 0 Å². The molecule has 0 aromatic heterocycles. The van der Waals surface area contributed by atoms with E-state index in [0.29, 0.717) is 0 Å². The Morgan fingerprint density at radius 3 is 2.75 bits per heavy atom. The van der Waals surface area contributed by atoms with Gasteiger partial charge in [0, 0.05) is 6.54 Å². The molecule has 4 nitrogen and oxygen atoms in total. The summed E-state index contributed by atoms with van der Waals surface area (Å²) in [7, 11) is 0. The van der Waals surface area contributed by atoms with E-state index in [1.54, 1.807) is 0 Å². The van der Waals surface area contributed by atoms with Crippen molar-refractivity contribution in [3.8, 4) is 0 Å². The summed E-state index contributed by atoms with van der Waals surface area (Å²) in [5, 5.41) is 10.5. The van der Waals surface area contributed by atoms with Crippen LogP contribution in [-0.2, 0) is 9.47 Å². The fourth-order valence-electron chi connectivity index (χ4n) is 3.59. The second-order valence-corrected chi connectivity index (χ2v) is 6.04. The van der Waals surface area contributed by atoms with Crippen molar-refractivity contribution < 1.29 is 14.6 Å². The number of rotatable bonds is 0. The highest BCUT2D eigenvalue weighted by Crippen LogP contribution is 2.43. The molecule has 0 aromatic rings. The highest BCUT2D eigenvalue weighted by molar-refractivity contribution is 5.09. The molecule has 0 saturated carbocycles. The maximum atomic E-state index is 10.5. The van der Waals surface area contributed by atoms with Gasteiger partial charge in [-0.25, -0.2) is 0 Å². The zero-order valence-electron chi connectivity index (χ0n) is 10.3. The minimum Gasteiger partial charge on any atom is -0.388 e. The molecule has 0 radical (unpaired) electrons. The zero-order valence-corrected chi connectivity index (χ0v) is 10.3. The third-order valence-corrected chi connectivity index (χ3v) is 4.11. The van der Waals surface area contributed by atoms with Crippen molar-refractivity contribution in [3.05, 3.63) is 0 Å². The van der Waals surface area contributed by atoms with E-state index in [4.69, 9.17) is 9.47 Å². The summed E-state index contributed by atoms with van der Waals surface area (Å²) < 4.78 is 11.8. The number of aliphatic hydroxyl groups is 1. The van der Waals surface area contributed by atoms with E-state index >= 15 is 0 Å². The summed E-state index contributed by atoms with van der Waals surface area (Å²) in [6.07, 6.45) is 2.09. The molecule has 0 amide bonds. The molecule has 0 bridgehead atoms. The van der Waals surface area contributed by atoms with Crippen LogP contribution in [0.1, 0.15) is 33.6 Å².